The molecule has 0 radical (unpaired) electrons. The van der Waals surface area contributed by atoms with Crippen molar-refractivity contribution in [3.63, 3.8) is 0 Å². The first-order chi connectivity index (χ1) is 6.34. The van der Waals surface area contributed by atoms with E-state index in [0.717, 1.165) is 12.2 Å². The highest BCUT2D eigenvalue weighted by molar-refractivity contribution is 7.13. The molecule has 1 fully saturated rings. The lowest BCUT2D eigenvalue weighted by molar-refractivity contribution is 0.219. The Kier molecular flexibility index (Phi) is 3.19. The average Bonchev–Trinajstić information content (AvgIpc) is 2.53. The molecule has 2 heterocycles. The normalized spacial score (nSPS) is 19.2. The Balaban J connectivity index is 1.89. The van der Waals surface area contributed by atoms with Crippen LogP contribution in [0.1, 0.15) is 25.0 Å². The van der Waals surface area contributed by atoms with Crippen LogP contribution in [0.2, 0.25) is 4.47 Å². The fraction of sp³-hybridized carbons (Fsp3) is 0.667. The summed E-state index contributed by atoms with van der Waals surface area (Å²) in [6, 6.07) is 0. The lowest BCUT2D eigenvalue weighted by Gasteiger charge is -2.25. The van der Waals surface area contributed by atoms with Crippen molar-refractivity contribution in [2.75, 3.05) is 13.1 Å². The van der Waals surface area contributed by atoms with E-state index in [9.17, 15) is 0 Å². The molecule has 1 saturated heterocycles. The number of halogens is 1. The number of nitrogens with zero attached hydrogens (tertiary/aromatic N) is 2. The number of likely N-dealkylation sites (tertiary alicyclic amines) is 1. The number of thiazole rings is 1. The molecular formula is C9H13ClN2S. The van der Waals surface area contributed by atoms with Gasteiger partial charge in [0.15, 0.2) is 4.47 Å². The van der Waals surface area contributed by atoms with Crippen LogP contribution in [0.15, 0.2) is 5.38 Å². The van der Waals surface area contributed by atoms with Crippen LogP contribution in [-0.4, -0.2) is 23.0 Å². The zero-order valence-corrected chi connectivity index (χ0v) is 9.07. The second-order valence-corrected chi connectivity index (χ2v) is 4.87. The molecule has 2 rings (SSSR count). The highest BCUT2D eigenvalue weighted by atomic mass is 35.5. The van der Waals surface area contributed by atoms with Gasteiger partial charge in [-0.1, -0.05) is 18.0 Å². The van der Waals surface area contributed by atoms with Gasteiger partial charge in [0.25, 0.3) is 0 Å². The minimum absolute atomic E-state index is 0.659. The molecule has 72 valence electrons. The largest absolute Gasteiger partial charge is 0.297 e. The Morgan fingerprint density at radius 2 is 2.15 bits per heavy atom. The third-order valence-electron chi connectivity index (χ3n) is 2.36. The number of aromatic nitrogens is 1. The van der Waals surface area contributed by atoms with Crippen LogP contribution < -0.4 is 0 Å². The van der Waals surface area contributed by atoms with E-state index in [2.05, 4.69) is 15.3 Å². The Morgan fingerprint density at radius 3 is 2.77 bits per heavy atom. The first-order valence-corrected chi connectivity index (χ1v) is 5.92. The van der Waals surface area contributed by atoms with Crippen molar-refractivity contribution >= 4 is 22.9 Å². The maximum Gasteiger partial charge on any atom is 0.183 e. The number of hydrogen-bond acceptors (Lipinski definition) is 3. The maximum atomic E-state index is 5.77. The summed E-state index contributed by atoms with van der Waals surface area (Å²) in [5, 5.41) is 2.05. The quantitative estimate of drug-likeness (QED) is 0.756. The van der Waals surface area contributed by atoms with E-state index in [-0.39, 0.29) is 0 Å². The monoisotopic (exact) mass is 216 g/mol. The number of rotatable bonds is 2. The van der Waals surface area contributed by atoms with Crippen molar-refractivity contribution in [1.29, 1.82) is 0 Å². The van der Waals surface area contributed by atoms with Crippen molar-refractivity contribution in [2.24, 2.45) is 0 Å². The molecule has 0 saturated carbocycles. The first kappa shape index (κ1) is 9.44. The van der Waals surface area contributed by atoms with E-state index in [4.69, 9.17) is 11.6 Å². The summed E-state index contributed by atoms with van der Waals surface area (Å²) in [4.78, 5) is 6.70. The van der Waals surface area contributed by atoms with Crippen molar-refractivity contribution in [1.82, 2.24) is 9.88 Å². The standard InChI is InChI=1S/C9H13ClN2S/c10-9-11-8(7-13-9)6-12-4-2-1-3-5-12/h7H,1-6H2. The van der Waals surface area contributed by atoms with Gasteiger partial charge < -0.3 is 0 Å². The van der Waals surface area contributed by atoms with Crippen LogP contribution in [0, 0.1) is 0 Å². The highest BCUT2D eigenvalue weighted by Crippen LogP contribution is 2.18. The molecule has 0 spiro atoms. The summed E-state index contributed by atoms with van der Waals surface area (Å²) in [5.74, 6) is 0. The fourth-order valence-corrected chi connectivity index (χ4v) is 2.47. The van der Waals surface area contributed by atoms with E-state index in [1.54, 1.807) is 0 Å². The summed E-state index contributed by atoms with van der Waals surface area (Å²) < 4.78 is 0.659. The second kappa shape index (κ2) is 4.40. The highest BCUT2D eigenvalue weighted by Gasteiger charge is 2.11. The zero-order valence-electron chi connectivity index (χ0n) is 7.50. The molecule has 13 heavy (non-hydrogen) atoms. The molecule has 0 N–H and O–H groups in total. The Morgan fingerprint density at radius 1 is 1.38 bits per heavy atom. The Hall–Kier alpha value is -0.120. The summed E-state index contributed by atoms with van der Waals surface area (Å²) in [6.07, 6.45) is 4.05. The number of hydrogen-bond donors (Lipinski definition) is 0. The van der Waals surface area contributed by atoms with Crippen LogP contribution in [0.25, 0.3) is 0 Å². The Bertz CT molecular complexity index is 268. The van der Waals surface area contributed by atoms with E-state index >= 15 is 0 Å². The minimum Gasteiger partial charge on any atom is -0.297 e. The maximum absolute atomic E-state index is 5.77. The summed E-state index contributed by atoms with van der Waals surface area (Å²) in [5.41, 5.74) is 1.12. The number of piperidine rings is 1. The Labute approximate surface area is 87.5 Å². The smallest absolute Gasteiger partial charge is 0.183 e. The van der Waals surface area contributed by atoms with Gasteiger partial charge in [-0.15, -0.1) is 11.3 Å². The minimum atomic E-state index is 0.659. The van der Waals surface area contributed by atoms with E-state index in [0.29, 0.717) is 4.47 Å². The fourth-order valence-electron chi connectivity index (χ4n) is 1.70. The molecule has 0 aromatic carbocycles. The summed E-state index contributed by atoms with van der Waals surface area (Å²) >= 11 is 7.29. The van der Waals surface area contributed by atoms with E-state index < -0.39 is 0 Å². The van der Waals surface area contributed by atoms with Gasteiger partial charge in [-0.05, 0) is 25.9 Å². The summed E-state index contributed by atoms with van der Waals surface area (Å²) in [6.45, 7) is 3.41. The molecule has 1 aliphatic heterocycles. The molecule has 0 unspecified atom stereocenters. The van der Waals surface area contributed by atoms with Crippen molar-refractivity contribution in [3.8, 4) is 0 Å². The molecule has 0 amide bonds. The molecule has 0 atom stereocenters. The average molecular weight is 217 g/mol. The van der Waals surface area contributed by atoms with Gasteiger partial charge in [0, 0.05) is 11.9 Å². The second-order valence-electron chi connectivity index (χ2n) is 3.43. The molecule has 1 aromatic heterocycles. The van der Waals surface area contributed by atoms with Crippen LogP contribution in [0.3, 0.4) is 0 Å². The molecule has 2 nitrogen and oxygen atoms in total. The van der Waals surface area contributed by atoms with Gasteiger partial charge in [0.05, 0.1) is 5.69 Å². The third kappa shape index (κ3) is 2.66. The molecule has 0 aliphatic carbocycles. The lowest BCUT2D eigenvalue weighted by atomic mass is 10.1. The van der Waals surface area contributed by atoms with Crippen LogP contribution in [0.5, 0.6) is 0 Å². The molecule has 4 heteroatoms. The van der Waals surface area contributed by atoms with Crippen molar-refractivity contribution in [2.45, 2.75) is 25.8 Å². The van der Waals surface area contributed by atoms with E-state index in [1.165, 1.54) is 43.7 Å². The van der Waals surface area contributed by atoms with Gasteiger partial charge >= 0.3 is 0 Å². The molecule has 1 aromatic rings. The van der Waals surface area contributed by atoms with Gasteiger partial charge in [-0.3, -0.25) is 4.90 Å². The predicted molar refractivity (Wildman–Crippen MR) is 56.3 cm³/mol. The SMILES string of the molecule is Clc1nc(CN2CCCCC2)cs1. The van der Waals surface area contributed by atoms with Crippen molar-refractivity contribution < 1.29 is 0 Å². The van der Waals surface area contributed by atoms with Crippen molar-refractivity contribution in [3.05, 3.63) is 15.5 Å². The summed E-state index contributed by atoms with van der Waals surface area (Å²) in [7, 11) is 0. The van der Waals surface area contributed by atoms with Gasteiger partial charge in [-0.2, -0.15) is 0 Å². The molecule has 0 bridgehead atoms. The van der Waals surface area contributed by atoms with Gasteiger partial charge in [0.1, 0.15) is 0 Å². The van der Waals surface area contributed by atoms with Crippen LogP contribution >= 0.6 is 22.9 Å². The third-order valence-corrected chi connectivity index (χ3v) is 3.39. The molecule has 1 aliphatic rings. The predicted octanol–water partition coefficient (Wildman–Crippen LogP) is 2.78. The van der Waals surface area contributed by atoms with E-state index in [1.807, 2.05) is 0 Å². The van der Waals surface area contributed by atoms with Crippen LogP contribution in [0.4, 0.5) is 0 Å². The zero-order chi connectivity index (χ0) is 9.10. The van der Waals surface area contributed by atoms with Gasteiger partial charge in [-0.25, -0.2) is 4.98 Å². The lowest BCUT2D eigenvalue weighted by Crippen LogP contribution is -2.29. The van der Waals surface area contributed by atoms with Crippen LogP contribution in [-0.2, 0) is 6.54 Å². The van der Waals surface area contributed by atoms with Gasteiger partial charge in [0.2, 0.25) is 0 Å². The molecular weight excluding hydrogens is 204 g/mol. The first-order valence-electron chi connectivity index (χ1n) is 4.67. The topological polar surface area (TPSA) is 16.1 Å².